The lowest BCUT2D eigenvalue weighted by molar-refractivity contribution is 0.372. The Morgan fingerprint density at radius 3 is 2.16 bits per heavy atom. The highest BCUT2D eigenvalue weighted by atomic mass is 32.2. The van der Waals surface area contributed by atoms with Crippen molar-refractivity contribution in [2.45, 2.75) is 42.7 Å². The number of hydrogen-bond acceptors (Lipinski definition) is 3. The molecular formula is C12H16F2N2O2S. The van der Waals surface area contributed by atoms with Crippen molar-refractivity contribution in [3.63, 3.8) is 0 Å². The first kappa shape index (κ1) is 14.4. The highest BCUT2D eigenvalue weighted by Gasteiger charge is 2.28. The average Bonchev–Trinajstić information content (AvgIpc) is 2.31. The van der Waals surface area contributed by atoms with E-state index in [1.54, 1.807) is 0 Å². The molecule has 0 heterocycles. The summed E-state index contributed by atoms with van der Waals surface area (Å²) in [5.74, 6) is -2.17. The second kappa shape index (κ2) is 5.52. The molecule has 0 aliphatic heterocycles. The Labute approximate surface area is 111 Å². The van der Waals surface area contributed by atoms with Crippen molar-refractivity contribution in [2.24, 2.45) is 5.73 Å². The number of hydrogen-bond donors (Lipinski definition) is 2. The minimum atomic E-state index is -4.18. The molecule has 0 atom stereocenters. The Morgan fingerprint density at radius 2 is 1.63 bits per heavy atom. The summed E-state index contributed by atoms with van der Waals surface area (Å²) in [7, 11) is -4.18. The van der Waals surface area contributed by atoms with Gasteiger partial charge >= 0.3 is 0 Å². The van der Waals surface area contributed by atoms with E-state index in [-0.39, 0.29) is 12.1 Å². The minimum Gasteiger partial charge on any atom is -0.328 e. The van der Waals surface area contributed by atoms with Gasteiger partial charge in [-0.3, -0.25) is 0 Å². The van der Waals surface area contributed by atoms with Gasteiger partial charge in [-0.2, -0.15) is 0 Å². The summed E-state index contributed by atoms with van der Waals surface area (Å²) in [6.45, 7) is 0. The van der Waals surface area contributed by atoms with Crippen LogP contribution in [0.1, 0.15) is 25.7 Å². The Morgan fingerprint density at radius 1 is 1.11 bits per heavy atom. The number of nitrogens with one attached hydrogen (secondary N) is 1. The van der Waals surface area contributed by atoms with Crippen molar-refractivity contribution in [3.05, 3.63) is 29.8 Å². The van der Waals surface area contributed by atoms with Crippen LogP contribution in [0.2, 0.25) is 0 Å². The molecular weight excluding hydrogens is 274 g/mol. The van der Waals surface area contributed by atoms with Gasteiger partial charge in [0.1, 0.15) is 11.6 Å². The van der Waals surface area contributed by atoms with Crippen LogP contribution in [0, 0.1) is 11.6 Å². The van der Waals surface area contributed by atoms with Gasteiger partial charge in [-0.25, -0.2) is 21.9 Å². The Hall–Kier alpha value is -1.05. The first-order valence-electron chi connectivity index (χ1n) is 6.12. The van der Waals surface area contributed by atoms with Crippen LogP contribution in [0.15, 0.2) is 23.1 Å². The number of rotatable bonds is 3. The van der Waals surface area contributed by atoms with Gasteiger partial charge in [-0.15, -0.1) is 0 Å². The minimum absolute atomic E-state index is 0.0750. The zero-order valence-electron chi connectivity index (χ0n) is 10.3. The summed E-state index contributed by atoms with van der Waals surface area (Å²) < 4.78 is 53.3. The highest BCUT2D eigenvalue weighted by molar-refractivity contribution is 7.89. The predicted molar refractivity (Wildman–Crippen MR) is 66.9 cm³/mol. The monoisotopic (exact) mass is 290 g/mol. The maximum absolute atomic E-state index is 13.5. The predicted octanol–water partition coefficient (Wildman–Crippen LogP) is 1.51. The standard InChI is InChI=1S/C12H16F2N2O2S/c13-10-2-1-3-11(14)12(10)19(17,18)16-9-6-4-8(15)5-7-9/h1-3,8-9,16H,4-7,15H2. The van der Waals surface area contributed by atoms with Gasteiger partial charge in [0.15, 0.2) is 4.90 Å². The summed E-state index contributed by atoms with van der Waals surface area (Å²) in [4.78, 5) is -0.912. The zero-order chi connectivity index (χ0) is 14.0. The smallest absolute Gasteiger partial charge is 0.246 e. The van der Waals surface area contributed by atoms with Crippen LogP contribution in [-0.2, 0) is 10.0 Å². The lowest BCUT2D eigenvalue weighted by atomic mass is 9.93. The number of nitrogens with two attached hydrogens (primary N) is 1. The molecule has 0 saturated heterocycles. The lowest BCUT2D eigenvalue weighted by Gasteiger charge is -2.26. The second-order valence-electron chi connectivity index (χ2n) is 4.78. The third-order valence-corrected chi connectivity index (χ3v) is 4.85. The quantitative estimate of drug-likeness (QED) is 0.886. The fraction of sp³-hybridized carbons (Fsp3) is 0.500. The molecule has 1 saturated carbocycles. The van der Waals surface area contributed by atoms with Gasteiger partial charge in [-0.1, -0.05) is 6.07 Å². The van der Waals surface area contributed by atoms with Crippen molar-refractivity contribution in [3.8, 4) is 0 Å². The van der Waals surface area contributed by atoms with Crippen molar-refractivity contribution in [1.82, 2.24) is 4.72 Å². The third-order valence-electron chi connectivity index (χ3n) is 3.28. The fourth-order valence-corrected chi connectivity index (χ4v) is 3.70. The van der Waals surface area contributed by atoms with E-state index in [9.17, 15) is 17.2 Å². The topological polar surface area (TPSA) is 72.2 Å². The van der Waals surface area contributed by atoms with Crippen molar-refractivity contribution < 1.29 is 17.2 Å². The molecule has 0 aromatic heterocycles. The van der Waals surface area contributed by atoms with E-state index in [4.69, 9.17) is 5.73 Å². The molecule has 1 fully saturated rings. The molecule has 1 aliphatic rings. The van der Waals surface area contributed by atoms with Crippen molar-refractivity contribution in [2.75, 3.05) is 0 Å². The summed E-state index contributed by atoms with van der Waals surface area (Å²) in [5, 5.41) is 0. The summed E-state index contributed by atoms with van der Waals surface area (Å²) in [6, 6.07) is 2.74. The number of sulfonamides is 1. The molecule has 1 aromatic rings. The Balaban J connectivity index is 2.19. The lowest BCUT2D eigenvalue weighted by Crippen LogP contribution is -2.40. The molecule has 0 spiro atoms. The summed E-state index contributed by atoms with van der Waals surface area (Å²) >= 11 is 0. The molecule has 19 heavy (non-hydrogen) atoms. The molecule has 1 aromatic carbocycles. The first-order valence-corrected chi connectivity index (χ1v) is 7.60. The molecule has 4 nitrogen and oxygen atoms in total. The van der Waals surface area contributed by atoms with Crippen LogP contribution >= 0.6 is 0 Å². The molecule has 7 heteroatoms. The zero-order valence-corrected chi connectivity index (χ0v) is 11.1. The Bertz CT molecular complexity index is 535. The number of halogens is 2. The Kier molecular flexibility index (Phi) is 4.17. The SMILES string of the molecule is NC1CCC(NS(=O)(=O)c2c(F)cccc2F)CC1. The van der Waals surface area contributed by atoms with Crippen LogP contribution in [0.5, 0.6) is 0 Å². The van der Waals surface area contributed by atoms with Crippen LogP contribution in [0.3, 0.4) is 0 Å². The van der Waals surface area contributed by atoms with Gasteiger partial charge in [0.05, 0.1) is 0 Å². The van der Waals surface area contributed by atoms with Crippen LogP contribution in [-0.4, -0.2) is 20.5 Å². The van der Waals surface area contributed by atoms with Gasteiger partial charge in [0, 0.05) is 12.1 Å². The van der Waals surface area contributed by atoms with Crippen LogP contribution in [0.25, 0.3) is 0 Å². The molecule has 1 aliphatic carbocycles. The van der Waals surface area contributed by atoms with E-state index in [2.05, 4.69) is 4.72 Å². The molecule has 2 rings (SSSR count). The van der Waals surface area contributed by atoms with Crippen molar-refractivity contribution in [1.29, 1.82) is 0 Å². The summed E-state index contributed by atoms with van der Waals surface area (Å²) in [5.41, 5.74) is 5.72. The molecule has 3 N–H and O–H groups in total. The van der Waals surface area contributed by atoms with Gasteiger partial charge in [-0.05, 0) is 37.8 Å². The van der Waals surface area contributed by atoms with E-state index in [0.717, 1.165) is 18.2 Å². The average molecular weight is 290 g/mol. The van der Waals surface area contributed by atoms with Crippen LogP contribution < -0.4 is 10.5 Å². The molecule has 0 unspecified atom stereocenters. The molecule has 0 bridgehead atoms. The van der Waals surface area contributed by atoms with E-state index < -0.39 is 26.6 Å². The first-order chi connectivity index (χ1) is 8.90. The maximum atomic E-state index is 13.5. The van der Waals surface area contributed by atoms with Crippen molar-refractivity contribution >= 4 is 10.0 Å². The van der Waals surface area contributed by atoms with Gasteiger partial charge in [0.2, 0.25) is 10.0 Å². The van der Waals surface area contributed by atoms with E-state index >= 15 is 0 Å². The highest BCUT2D eigenvalue weighted by Crippen LogP contribution is 2.22. The maximum Gasteiger partial charge on any atom is 0.246 e. The summed E-state index contributed by atoms with van der Waals surface area (Å²) in [6.07, 6.45) is 2.56. The normalized spacial score (nSPS) is 24.4. The molecule has 0 amide bonds. The second-order valence-corrected chi connectivity index (χ2v) is 6.43. The van der Waals surface area contributed by atoms with E-state index in [0.29, 0.717) is 25.7 Å². The largest absolute Gasteiger partial charge is 0.328 e. The number of benzene rings is 1. The molecule has 106 valence electrons. The van der Waals surface area contributed by atoms with E-state index in [1.165, 1.54) is 0 Å². The molecule has 0 radical (unpaired) electrons. The fourth-order valence-electron chi connectivity index (χ4n) is 2.25. The third kappa shape index (κ3) is 3.29. The van der Waals surface area contributed by atoms with Gasteiger partial charge in [0.25, 0.3) is 0 Å². The van der Waals surface area contributed by atoms with E-state index in [1.807, 2.05) is 0 Å². The van der Waals surface area contributed by atoms with Crippen LogP contribution in [0.4, 0.5) is 8.78 Å². The van der Waals surface area contributed by atoms with Gasteiger partial charge < -0.3 is 5.73 Å².